The Morgan fingerprint density at radius 2 is 1.88 bits per heavy atom. The number of rotatable bonds is 5. The molecule has 0 saturated carbocycles. The number of halogens is 3. The van der Waals surface area contributed by atoms with E-state index in [9.17, 15) is 18.0 Å². The summed E-state index contributed by atoms with van der Waals surface area (Å²) in [5.41, 5.74) is -1.29. The van der Waals surface area contributed by atoms with Crippen molar-refractivity contribution in [3.8, 4) is 0 Å². The monoisotopic (exact) mass is 375 g/mol. The number of benzene rings is 1. The first-order valence-electron chi connectivity index (χ1n) is 7.00. The van der Waals surface area contributed by atoms with Crippen molar-refractivity contribution in [3.63, 3.8) is 0 Å². The fourth-order valence-electron chi connectivity index (χ4n) is 1.62. The van der Waals surface area contributed by atoms with Crippen LogP contribution >= 0.6 is 23.1 Å². The van der Waals surface area contributed by atoms with E-state index in [1.165, 1.54) is 30.0 Å². The normalized spacial score (nSPS) is 12.2. The van der Waals surface area contributed by atoms with E-state index in [-0.39, 0.29) is 22.4 Å². The molecule has 4 nitrogen and oxygen atoms in total. The van der Waals surface area contributed by atoms with Crippen LogP contribution in [0.4, 0.5) is 24.0 Å². The maximum atomic E-state index is 13.0. The molecule has 2 rings (SSSR count). The number of carbonyl (C=O) groups is 1. The maximum Gasteiger partial charge on any atom is 0.418 e. The number of hydrogen-bond acceptors (Lipinski definition) is 6. The number of nitrogens with one attached hydrogen (secondary N) is 1. The molecule has 1 heterocycles. The van der Waals surface area contributed by atoms with E-state index in [0.717, 1.165) is 17.4 Å². The highest BCUT2D eigenvalue weighted by Gasteiger charge is 2.33. The Kier molecular flexibility index (Phi) is 5.54. The third-order valence-corrected chi connectivity index (χ3v) is 5.02. The van der Waals surface area contributed by atoms with Crippen LogP contribution in [0.2, 0.25) is 0 Å². The summed E-state index contributed by atoms with van der Waals surface area (Å²) in [6.07, 6.45) is -4.45. The fraction of sp³-hybridized carbons (Fsp3) is 0.400. The smallest absolute Gasteiger partial charge is 0.330 e. The summed E-state index contributed by atoms with van der Waals surface area (Å²) in [5.74, 6) is 0.316. The zero-order chi connectivity index (χ0) is 18.0. The Morgan fingerprint density at radius 3 is 2.50 bits per heavy atom. The van der Waals surface area contributed by atoms with E-state index < -0.39 is 17.2 Å². The van der Waals surface area contributed by atoms with Crippen molar-refractivity contribution in [2.45, 2.75) is 31.3 Å². The molecule has 9 heteroatoms. The van der Waals surface area contributed by atoms with Crippen molar-refractivity contribution in [3.05, 3.63) is 29.8 Å². The second kappa shape index (κ2) is 7.10. The van der Waals surface area contributed by atoms with E-state index in [4.69, 9.17) is 0 Å². The highest BCUT2D eigenvalue weighted by molar-refractivity contribution is 8.01. The second-order valence-electron chi connectivity index (χ2n) is 6.00. The van der Waals surface area contributed by atoms with Gasteiger partial charge in [0.25, 0.3) is 0 Å². The van der Waals surface area contributed by atoms with Crippen LogP contribution in [0.1, 0.15) is 26.3 Å². The van der Waals surface area contributed by atoms with Gasteiger partial charge in [-0.2, -0.15) is 13.2 Å². The average Bonchev–Trinajstić information content (AvgIpc) is 2.90. The summed E-state index contributed by atoms with van der Waals surface area (Å²) in [5, 5.41) is 10.6. The molecule has 0 atom stereocenters. The highest BCUT2D eigenvalue weighted by atomic mass is 32.2. The van der Waals surface area contributed by atoms with Crippen LogP contribution in [0.3, 0.4) is 0 Å². The van der Waals surface area contributed by atoms with Gasteiger partial charge in [-0.1, -0.05) is 56.0 Å². The van der Waals surface area contributed by atoms with Crippen molar-refractivity contribution in [1.29, 1.82) is 0 Å². The fourth-order valence-corrected chi connectivity index (χ4v) is 3.54. The van der Waals surface area contributed by atoms with Gasteiger partial charge in [-0.05, 0) is 12.1 Å². The second-order valence-corrected chi connectivity index (χ2v) is 8.20. The number of para-hydroxylation sites is 1. The molecule has 1 aromatic heterocycles. The Labute approximate surface area is 145 Å². The first kappa shape index (κ1) is 18.7. The lowest BCUT2D eigenvalue weighted by Gasteiger charge is -2.15. The lowest BCUT2D eigenvalue weighted by Crippen LogP contribution is -2.21. The Bertz CT molecular complexity index is 723. The number of Topliss-reactive ketones (excluding diaryl/α,β-unsaturated/α-hetero) is 1. The molecular weight excluding hydrogens is 359 g/mol. The minimum absolute atomic E-state index is 0.0691. The van der Waals surface area contributed by atoms with Gasteiger partial charge in [0.1, 0.15) is 5.78 Å². The van der Waals surface area contributed by atoms with Crippen molar-refractivity contribution in [2.75, 3.05) is 11.1 Å². The molecule has 0 fully saturated rings. The first-order chi connectivity index (χ1) is 11.1. The van der Waals surface area contributed by atoms with Gasteiger partial charge in [0, 0.05) is 5.41 Å². The van der Waals surface area contributed by atoms with Crippen LogP contribution in [0.25, 0.3) is 0 Å². The summed E-state index contributed by atoms with van der Waals surface area (Å²) in [7, 11) is 0. The van der Waals surface area contributed by atoms with E-state index in [1.54, 1.807) is 0 Å². The van der Waals surface area contributed by atoms with Crippen LogP contribution in [0.5, 0.6) is 0 Å². The third kappa shape index (κ3) is 4.94. The molecule has 0 amide bonds. The van der Waals surface area contributed by atoms with Gasteiger partial charge >= 0.3 is 6.18 Å². The minimum atomic E-state index is -4.45. The number of ketones is 1. The summed E-state index contributed by atoms with van der Waals surface area (Å²) >= 11 is 2.34. The van der Waals surface area contributed by atoms with Crippen molar-refractivity contribution in [1.82, 2.24) is 10.2 Å². The van der Waals surface area contributed by atoms with Crippen molar-refractivity contribution < 1.29 is 18.0 Å². The van der Waals surface area contributed by atoms with Gasteiger partial charge in [0.2, 0.25) is 5.13 Å². The van der Waals surface area contributed by atoms with Gasteiger partial charge in [-0.3, -0.25) is 4.79 Å². The van der Waals surface area contributed by atoms with E-state index in [0.29, 0.717) is 4.34 Å². The summed E-state index contributed by atoms with van der Waals surface area (Å²) < 4.78 is 39.4. The molecular formula is C15H16F3N3OS2. The molecule has 2 aromatic rings. The quantitative estimate of drug-likeness (QED) is 0.745. The van der Waals surface area contributed by atoms with Gasteiger partial charge in [-0.15, -0.1) is 10.2 Å². The van der Waals surface area contributed by atoms with Crippen LogP contribution in [0, 0.1) is 5.41 Å². The average molecular weight is 375 g/mol. The van der Waals surface area contributed by atoms with Crippen molar-refractivity contribution >= 4 is 39.7 Å². The first-order valence-corrected chi connectivity index (χ1v) is 8.80. The summed E-state index contributed by atoms with van der Waals surface area (Å²) in [4.78, 5) is 11.9. The molecule has 0 saturated heterocycles. The van der Waals surface area contributed by atoms with Crippen LogP contribution in [0.15, 0.2) is 28.6 Å². The number of alkyl halides is 3. The number of hydrogen-bond donors (Lipinski definition) is 1. The van der Waals surface area contributed by atoms with Gasteiger partial charge in [-0.25, -0.2) is 0 Å². The highest BCUT2D eigenvalue weighted by Crippen LogP contribution is 2.37. The summed E-state index contributed by atoms with van der Waals surface area (Å²) in [6.45, 7) is 5.49. The van der Waals surface area contributed by atoms with Crippen molar-refractivity contribution in [2.24, 2.45) is 5.41 Å². The largest absolute Gasteiger partial charge is 0.418 e. The predicted molar refractivity (Wildman–Crippen MR) is 89.8 cm³/mol. The number of thioether (sulfide) groups is 1. The van der Waals surface area contributed by atoms with Crippen LogP contribution in [-0.4, -0.2) is 21.7 Å². The van der Waals surface area contributed by atoms with Gasteiger partial charge in [0.15, 0.2) is 4.34 Å². The number of aromatic nitrogens is 2. The lowest BCUT2D eigenvalue weighted by atomic mass is 9.92. The third-order valence-electron chi connectivity index (χ3n) is 3.04. The molecule has 1 aromatic carbocycles. The lowest BCUT2D eigenvalue weighted by molar-refractivity contribution is -0.137. The van der Waals surface area contributed by atoms with Crippen LogP contribution in [-0.2, 0) is 11.0 Å². The molecule has 0 aliphatic rings. The number of carbonyl (C=O) groups excluding carboxylic acids is 1. The standard InChI is InChI=1S/C15H16F3N3OS2/c1-14(2,3)11(22)8-23-13-21-20-12(24-13)19-10-7-5-4-6-9(10)15(16,17)18/h4-7H,8H2,1-3H3,(H,19,20). The number of anilines is 2. The Morgan fingerprint density at radius 1 is 1.21 bits per heavy atom. The van der Waals surface area contributed by atoms with Gasteiger partial charge < -0.3 is 5.32 Å². The van der Waals surface area contributed by atoms with Gasteiger partial charge in [0.05, 0.1) is 17.0 Å². The molecule has 0 aliphatic heterocycles. The zero-order valence-electron chi connectivity index (χ0n) is 13.3. The Balaban J connectivity index is 2.06. The molecule has 0 bridgehead atoms. The van der Waals surface area contributed by atoms with Crippen LogP contribution < -0.4 is 5.32 Å². The molecule has 0 radical (unpaired) electrons. The predicted octanol–water partition coefficient (Wildman–Crippen LogP) is 5.01. The molecule has 0 spiro atoms. The summed E-state index contributed by atoms with van der Waals surface area (Å²) in [6, 6.07) is 5.17. The van der Waals surface area contributed by atoms with E-state index in [1.807, 2.05) is 20.8 Å². The topological polar surface area (TPSA) is 54.9 Å². The minimum Gasteiger partial charge on any atom is -0.330 e. The molecule has 24 heavy (non-hydrogen) atoms. The van der Waals surface area contributed by atoms with E-state index >= 15 is 0 Å². The Hall–Kier alpha value is -1.61. The SMILES string of the molecule is CC(C)(C)C(=O)CSc1nnc(Nc2ccccc2C(F)(F)F)s1. The molecule has 1 N–H and O–H groups in total. The molecule has 130 valence electrons. The number of nitrogens with zero attached hydrogens (tertiary/aromatic N) is 2. The van der Waals surface area contributed by atoms with E-state index in [2.05, 4.69) is 15.5 Å². The zero-order valence-corrected chi connectivity index (χ0v) is 14.9. The maximum absolute atomic E-state index is 13.0. The molecule has 0 unspecified atom stereocenters. The molecule has 0 aliphatic carbocycles.